The Hall–Kier alpha value is -2.15. The smallest absolute Gasteiger partial charge is 0.227 e. The minimum absolute atomic E-state index is 0.302. The van der Waals surface area contributed by atoms with E-state index in [4.69, 9.17) is 5.73 Å². The van der Waals surface area contributed by atoms with Gasteiger partial charge >= 0.3 is 0 Å². The Morgan fingerprint density at radius 1 is 1.19 bits per heavy atom. The first-order valence-corrected chi connectivity index (χ1v) is 7.25. The summed E-state index contributed by atoms with van der Waals surface area (Å²) >= 11 is 0. The number of anilines is 3. The lowest BCUT2D eigenvalue weighted by molar-refractivity contribution is 0.495. The summed E-state index contributed by atoms with van der Waals surface area (Å²) in [4.78, 5) is 11.3. The highest BCUT2D eigenvalue weighted by molar-refractivity contribution is 5.54. The molecule has 0 aromatic carbocycles. The topological polar surface area (TPSA) is 95.8 Å². The maximum absolute atomic E-state index is 5.95. The third-order valence-corrected chi connectivity index (χ3v) is 3.63. The number of piperidine rings is 1. The Labute approximate surface area is 124 Å². The summed E-state index contributed by atoms with van der Waals surface area (Å²) < 4.78 is 0. The van der Waals surface area contributed by atoms with Crippen LogP contribution in [-0.4, -0.2) is 39.3 Å². The van der Waals surface area contributed by atoms with Crippen LogP contribution in [0.1, 0.15) is 24.2 Å². The van der Waals surface area contributed by atoms with Gasteiger partial charge in [0.1, 0.15) is 5.82 Å². The van der Waals surface area contributed by atoms with Gasteiger partial charge in [-0.15, -0.1) is 0 Å². The van der Waals surface area contributed by atoms with Gasteiger partial charge in [-0.25, -0.2) is 4.98 Å². The van der Waals surface area contributed by atoms with E-state index in [0.29, 0.717) is 6.04 Å². The number of H-pyrrole nitrogens is 1. The van der Waals surface area contributed by atoms with E-state index >= 15 is 0 Å². The fraction of sp³-hybridized carbons (Fsp3) is 0.500. The normalized spacial score (nSPS) is 16.2. The van der Waals surface area contributed by atoms with Crippen molar-refractivity contribution in [1.29, 1.82) is 0 Å². The van der Waals surface area contributed by atoms with Crippen molar-refractivity contribution in [3.63, 3.8) is 0 Å². The molecule has 0 spiro atoms. The molecule has 2 aromatic heterocycles. The number of nitrogens with one attached hydrogen (secondary N) is 2. The molecule has 0 aliphatic carbocycles. The number of hydrogen-bond donors (Lipinski definition) is 3. The lowest BCUT2D eigenvalue weighted by Gasteiger charge is -2.30. The highest BCUT2D eigenvalue weighted by Crippen LogP contribution is 2.20. The van der Waals surface area contributed by atoms with E-state index in [9.17, 15) is 0 Å². The van der Waals surface area contributed by atoms with Gasteiger partial charge in [-0.2, -0.15) is 10.1 Å². The summed E-state index contributed by atoms with van der Waals surface area (Å²) in [5, 5.41) is 10.3. The second-order valence-corrected chi connectivity index (χ2v) is 5.58. The van der Waals surface area contributed by atoms with Crippen LogP contribution in [0, 0.1) is 13.8 Å². The van der Waals surface area contributed by atoms with Crippen LogP contribution in [0.5, 0.6) is 0 Å². The van der Waals surface area contributed by atoms with Crippen LogP contribution >= 0.6 is 0 Å². The quantitative estimate of drug-likeness (QED) is 0.791. The SMILES string of the molecule is Cc1cc(Nc2cc(C)[nH]n2)nc(N2CCC(N)CC2)n1. The van der Waals surface area contributed by atoms with Gasteiger partial charge in [0.15, 0.2) is 5.82 Å². The standard InChI is InChI=1S/C14H21N7/c1-9-7-12(17-13-8-10(2)19-20-13)18-14(16-9)21-5-3-11(15)4-6-21/h7-8,11H,3-6,15H2,1-2H3,(H2,16,17,18,19,20). The molecule has 1 aliphatic rings. The lowest BCUT2D eigenvalue weighted by atomic mass is 10.1. The van der Waals surface area contributed by atoms with Crippen LogP contribution in [-0.2, 0) is 0 Å². The molecule has 112 valence electrons. The number of aromatic amines is 1. The average Bonchev–Trinajstić information content (AvgIpc) is 2.84. The monoisotopic (exact) mass is 287 g/mol. The molecule has 0 amide bonds. The molecule has 0 radical (unpaired) electrons. The number of hydrogen-bond acceptors (Lipinski definition) is 6. The van der Waals surface area contributed by atoms with Gasteiger partial charge in [0.25, 0.3) is 0 Å². The van der Waals surface area contributed by atoms with Crippen LogP contribution in [0.25, 0.3) is 0 Å². The summed E-state index contributed by atoms with van der Waals surface area (Å²) in [7, 11) is 0. The van der Waals surface area contributed by atoms with E-state index in [1.165, 1.54) is 0 Å². The van der Waals surface area contributed by atoms with Crippen molar-refractivity contribution in [2.45, 2.75) is 32.7 Å². The minimum Gasteiger partial charge on any atom is -0.341 e. The van der Waals surface area contributed by atoms with Crippen molar-refractivity contribution in [3.05, 3.63) is 23.5 Å². The molecular formula is C14H21N7. The molecule has 7 nitrogen and oxygen atoms in total. The Bertz CT molecular complexity index is 614. The van der Waals surface area contributed by atoms with Gasteiger partial charge in [0.2, 0.25) is 5.95 Å². The van der Waals surface area contributed by atoms with Crippen molar-refractivity contribution in [2.75, 3.05) is 23.3 Å². The van der Waals surface area contributed by atoms with Gasteiger partial charge in [0, 0.05) is 42.7 Å². The van der Waals surface area contributed by atoms with Crippen LogP contribution < -0.4 is 16.0 Å². The number of nitrogens with zero attached hydrogens (tertiary/aromatic N) is 4. The van der Waals surface area contributed by atoms with Gasteiger partial charge < -0.3 is 16.0 Å². The van der Waals surface area contributed by atoms with Crippen molar-refractivity contribution in [3.8, 4) is 0 Å². The highest BCUT2D eigenvalue weighted by atomic mass is 15.3. The van der Waals surface area contributed by atoms with Gasteiger partial charge in [-0.05, 0) is 26.7 Å². The Morgan fingerprint density at radius 3 is 2.62 bits per heavy atom. The Kier molecular flexibility index (Phi) is 3.74. The zero-order valence-corrected chi connectivity index (χ0v) is 12.4. The number of aromatic nitrogens is 4. The molecule has 1 saturated heterocycles. The van der Waals surface area contributed by atoms with Gasteiger partial charge in [-0.1, -0.05) is 0 Å². The van der Waals surface area contributed by atoms with E-state index in [0.717, 1.165) is 54.9 Å². The van der Waals surface area contributed by atoms with Crippen LogP contribution in [0.15, 0.2) is 12.1 Å². The van der Waals surface area contributed by atoms with Crippen LogP contribution in [0.2, 0.25) is 0 Å². The van der Waals surface area contributed by atoms with Crippen LogP contribution in [0.4, 0.5) is 17.6 Å². The largest absolute Gasteiger partial charge is 0.341 e. The molecule has 3 heterocycles. The number of nitrogens with two attached hydrogens (primary N) is 1. The summed E-state index contributed by atoms with van der Waals surface area (Å²) in [5.41, 5.74) is 7.89. The third kappa shape index (κ3) is 3.30. The second kappa shape index (κ2) is 5.69. The maximum Gasteiger partial charge on any atom is 0.227 e. The first kappa shape index (κ1) is 13.8. The van der Waals surface area contributed by atoms with Crippen molar-refractivity contribution in [1.82, 2.24) is 20.2 Å². The Balaban J connectivity index is 1.79. The zero-order chi connectivity index (χ0) is 14.8. The average molecular weight is 287 g/mol. The van der Waals surface area contributed by atoms with E-state index in [1.54, 1.807) is 0 Å². The predicted octanol–water partition coefficient (Wildman–Crippen LogP) is 1.49. The van der Waals surface area contributed by atoms with Crippen molar-refractivity contribution in [2.24, 2.45) is 5.73 Å². The number of aryl methyl sites for hydroxylation is 2. The molecule has 0 bridgehead atoms. The molecule has 0 unspecified atom stereocenters. The number of rotatable bonds is 3. The predicted molar refractivity (Wildman–Crippen MR) is 82.8 cm³/mol. The van der Waals surface area contributed by atoms with Gasteiger partial charge in [-0.3, -0.25) is 5.10 Å². The molecule has 1 fully saturated rings. The van der Waals surface area contributed by atoms with E-state index in [-0.39, 0.29) is 0 Å². The van der Waals surface area contributed by atoms with E-state index < -0.39 is 0 Å². The maximum atomic E-state index is 5.95. The third-order valence-electron chi connectivity index (χ3n) is 3.63. The van der Waals surface area contributed by atoms with E-state index in [2.05, 4.69) is 30.4 Å². The molecule has 7 heteroatoms. The molecule has 0 saturated carbocycles. The van der Waals surface area contributed by atoms with Crippen LogP contribution in [0.3, 0.4) is 0 Å². The Morgan fingerprint density at radius 2 is 1.95 bits per heavy atom. The summed E-state index contributed by atoms with van der Waals surface area (Å²) in [6.45, 7) is 5.75. The van der Waals surface area contributed by atoms with E-state index in [1.807, 2.05) is 26.0 Å². The second-order valence-electron chi connectivity index (χ2n) is 5.58. The molecule has 1 aliphatic heterocycles. The molecule has 21 heavy (non-hydrogen) atoms. The van der Waals surface area contributed by atoms with Crippen molar-refractivity contribution >= 4 is 17.6 Å². The summed E-state index contributed by atoms with van der Waals surface area (Å²) in [5.74, 6) is 2.28. The first-order chi connectivity index (χ1) is 10.1. The molecule has 2 aromatic rings. The molecule has 0 atom stereocenters. The zero-order valence-electron chi connectivity index (χ0n) is 12.4. The lowest BCUT2D eigenvalue weighted by Crippen LogP contribution is -2.40. The summed E-state index contributed by atoms with van der Waals surface area (Å²) in [6.07, 6.45) is 1.97. The molecular weight excluding hydrogens is 266 g/mol. The first-order valence-electron chi connectivity index (χ1n) is 7.25. The molecule has 4 N–H and O–H groups in total. The highest BCUT2D eigenvalue weighted by Gasteiger charge is 2.19. The van der Waals surface area contributed by atoms with Crippen molar-refractivity contribution < 1.29 is 0 Å². The fourth-order valence-corrected chi connectivity index (χ4v) is 2.47. The minimum atomic E-state index is 0.302. The summed E-state index contributed by atoms with van der Waals surface area (Å²) in [6, 6.07) is 4.16. The molecule has 3 rings (SSSR count). The van der Waals surface area contributed by atoms with Gasteiger partial charge in [0.05, 0.1) is 0 Å². The fourth-order valence-electron chi connectivity index (χ4n) is 2.47.